The second-order valence-electron chi connectivity index (χ2n) is 10.5. The first kappa shape index (κ1) is 27.5. The Bertz CT molecular complexity index is 728. The van der Waals surface area contributed by atoms with Gasteiger partial charge in [-0.25, -0.2) is 9.59 Å². The van der Waals surface area contributed by atoms with Crippen molar-refractivity contribution in [2.75, 3.05) is 0 Å². The monoisotopic (exact) mass is 452 g/mol. The van der Waals surface area contributed by atoms with Gasteiger partial charge in [0.2, 0.25) is 0 Å². The van der Waals surface area contributed by atoms with Crippen molar-refractivity contribution in [3.63, 3.8) is 0 Å². The van der Waals surface area contributed by atoms with E-state index in [-0.39, 0.29) is 34.2 Å². The highest BCUT2D eigenvalue weighted by Crippen LogP contribution is 2.30. The number of hydrogen-bond donors (Lipinski definition) is 0. The van der Waals surface area contributed by atoms with Gasteiger partial charge in [-0.2, -0.15) is 0 Å². The molecule has 4 nitrogen and oxygen atoms in total. The SMILES string of the molecule is CCCCC(OC(=O)c1ccc(Cl)cc1C(=O)OC(CCCC)C(C)(C)C)C(C)(C)C. The molecule has 0 aliphatic heterocycles. The van der Waals surface area contributed by atoms with Crippen LogP contribution in [0, 0.1) is 10.8 Å². The molecule has 1 aromatic rings. The lowest BCUT2D eigenvalue weighted by molar-refractivity contribution is -0.0106. The van der Waals surface area contributed by atoms with Crippen molar-refractivity contribution in [1.29, 1.82) is 0 Å². The second-order valence-corrected chi connectivity index (χ2v) is 10.9. The van der Waals surface area contributed by atoms with Crippen LogP contribution in [0.1, 0.15) is 115 Å². The summed E-state index contributed by atoms with van der Waals surface area (Å²) in [6, 6.07) is 4.66. The van der Waals surface area contributed by atoms with Crippen LogP contribution < -0.4 is 0 Å². The van der Waals surface area contributed by atoms with Gasteiger partial charge in [-0.05, 0) is 41.9 Å². The third kappa shape index (κ3) is 8.84. The molecule has 176 valence electrons. The van der Waals surface area contributed by atoms with Crippen LogP contribution in [0.5, 0.6) is 0 Å². The fourth-order valence-electron chi connectivity index (χ4n) is 3.37. The normalized spacial score (nSPS) is 14.1. The molecule has 0 saturated heterocycles. The average molecular weight is 453 g/mol. The summed E-state index contributed by atoms with van der Waals surface area (Å²) in [6.45, 7) is 16.5. The van der Waals surface area contributed by atoms with Crippen LogP contribution in [0.3, 0.4) is 0 Å². The molecule has 0 saturated carbocycles. The number of esters is 2. The minimum atomic E-state index is -0.536. The summed E-state index contributed by atoms with van der Waals surface area (Å²) in [6.07, 6.45) is 5.03. The van der Waals surface area contributed by atoms with E-state index in [1.807, 2.05) is 0 Å². The van der Waals surface area contributed by atoms with Gasteiger partial charge in [-0.3, -0.25) is 0 Å². The Kier molecular flexibility index (Phi) is 10.5. The first-order valence-electron chi connectivity index (χ1n) is 11.5. The molecule has 31 heavy (non-hydrogen) atoms. The van der Waals surface area contributed by atoms with Gasteiger partial charge in [-0.1, -0.05) is 92.7 Å². The Morgan fingerprint density at radius 2 is 1.23 bits per heavy atom. The standard InChI is InChI=1S/C26H41ClO4/c1-9-11-13-21(25(3,4)5)30-23(28)19-16-15-18(27)17-20(19)24(29)31-22(14-12-10-2)26(6,7)8/h15-17,21-22H,9-14H2,1-8H3. The number of unbranched alkanes of at least 4 members (excludes halogenated alkanes) is 2. The van der Waals surface area contributed by atoms with E-state index in [4.69, 9.17) is 21.1 Å². The number of benzene rings is 1. The highest BCUT2D eigenvalue weighted by molar-refractivity contribution is 6.31. The van der Waals surface area contributed by atoms with Crippen LogP contribution in [0.15, 0.2) is 18.2 Å². The third-order valence-electron chi connectivity index (χ3n) is 5.49. The number of ether oxygens (including phenoxy) is 2. The molecule has 0 spiro atoms. The van der Waals surface area contributed by atoms with Crippen molar-refractivity contribution in [2.24, 2.45) is 10.8 Å². The molecule has 0 bridgehead atoms. The molecule has 0 aliphatic rings. The maximum absolute atomic E-state index is 13.1. The van der Waals surface area contributed by atoms with Crippen LogP contribution in [-0.2, 0) is 9.47 Å². The first-order valence-corrected chi connectivity index (χ1v) is 11.9. The van der Waals surface area contributed by atoms with Crippen molar-refractivity contribution in [1.82, 2.24) is 0 Å². The number of hydrogen-bond acceptors (Lipinski definition) is 4. The Balaban J connectivity index is 3.17. The minimum Gasteiger partial charge on any atom is -0.458 e. The first-order chi connectivity index (χ1) is 14.3. The largest absolute Gasteiger partial charge is 0.458 e. The molecule has 1 rings (SSSR count). The fourth-order valence-corrected chi connectivity index (χ4v) is 3.54. The van der Waals surface area contributed by atoms with E-state index in [0.29, 0.717) is 5.02 Å². The molecular weight excluding hydrogens is 412 g/mol. The summed E-state index contributed by atoms with van der Waals surface area (Å²) >= 11 is 6.16. The van der Waals surface area contributed by atoms with E-state index in [9.17, 15) is 9.59 Å². The molecule has 0 heterocycles. The summed E-state index contributed by atoms with van der Waals surface area (Å²) in [5, 5.41) is 0.378. The number of halogens is 1. The fraction of sp³-hybridized carbons (Fsp3) is 0.692. The number of carbonyl (C=O) groups is 2. The van der Waals surface area contributed by atoms with Gasteiger partial charge in [0, 0.05) is 5.02 Å². The van der Waals surface area contributed by atoms with Gasteiger partial charge in [0.1, 0.15) is 12.2 Å². The molecule has 0 amide bonds. The maximum Gasteiger partial charge on any atom is 0.339 e. The van der Waals surface area contributed by atoms with Crippen molar-refractivity contribution in [2.45, 2.75) is 106 Å². The molecule has 5 heteroatoms. The van der Waals surface area contributed by atoms with Crippen molar-refractivity contribution in [3.8, 4) is 0 Å². The van der Waals surface area contributed by atoms with Crippen molar-refractivity contribution < 1.29 is 19.1 Å². The molecule has 0 radical (unpaired) electrons. The van der Waals surface area contributed by atoms with Crippen LogP contribution in [0.2, 0.25) is 5.02 Å². The van der Waals surface area contributed by atoms with Gasteiger partial charge < -0.3 is 9.47 Å². The predicted molar refractivity (Wildman–Crippen MR) is 128 cm³/mol. The highest BCUT2D eigenvalue weighted by atomic mass is 35.5. The smallest absolute Gasteiger partial charge is 0.339 e. The summed E-state index contributed by atoms with van der Waals surface area (Å²) in [4.78, 5) is 26.2. The maximum atomic E-state index is 13.1. The Hall–Kier alpha value is -1.55. The van der Waals surface area contributed by atoms with Crippen LogP contribution in [-0.4, -0.2) is 24.1 Å². The summed E-state index contributed by atoms with van der Waals surface area (Å²) in [7, 11) is 0. The van der Waals surface area contributed by atoms with E-state index in [2.05, 4.69) is 55.4 Å². The summed E-state index contributed by atoms with van der Waals surface area (Å²) in [5.41, 5.74) is -0.0496. The van der Waals surface area contributed by atoms with Crippen LogP contribution in [0.25, 0.3) is 0 Å². The molecule has 0 fully saturated rings. The van der Waals surface area contributed by atoms with Crippen molar-refractivity contribution >= 4 is 23.5 Å². The number of carbonyl (C=O) groups excluding carboxylic acids is 2. The summed E-state index contributed by atoms with van der Waals surface area (Å²) in [5.74, 6) is -1.05. The second kappa shape index (κ2) is 11.9. The molecule has 2 atom stereocenters. The highest BCUT2D eigenvalue weighted by Gasteiger charge is 2.32. The Morgan fingerprint density at radius 3 is 1.61 bits per heavy atom. The molecule has 0 aliphatic carbocycles. The average Bonchev–Trinajstić information content (AvgIpc) is 2.66. The van der Waals surface area contributed by atoms with Gasteiger partial charge in [0.05, 0.1) is 11.1 Å². The van der Waals surface area contributed by atoms with E-state index >= 15 is 0 Å². The molecule has 1 aromatic carbocycles. The van der Waals surface area contributed by atoms with E-state index < -0.39 is 11.9 Å². The summed E-state index contributed by atoms with van der Waals surface area (Å²) < 4.78 is 11.8. The quantitative estimate of drug-likeness (QED) is 0.339. The van der Waals surface area contributed by atoms with E-state index in [0.717, 1.165) is 38.5 Å². The van der Waals surface area contributed by atoms with Gasteiger partial charge in [0.25, 0.3) is 0 Å². The van der Waals surface area contributed by atoms with Crippen LogP contribution >= 0.6 is 11.6 Å². The topological polar surface area (TPSA) is 52.6 Å². The lowest BCUT2D eigenvalue weighted by Crippen LogP contribution is -2.33. The van der Waals surface area contributed by atoms with Gasteiger partial charge in [0.15, 0.2) is 0 Å². The van der Waals surface area contributed by atoms with Gasteiger partial charge >= 0.3 is 11.9 Å². The van der Waals surface area contributed by atoms with Crippen molar-refractivity contribution in [3.05, 3.63) is 34.3 Å². The van der Waals surface area contributed by atoms with E-state index in [1.54, 1.807) is 12.1 Å². The minimum absolute atomic E-state index is 0.159. The predicted octanol–water partition coefficient (Wildman–Crippen LogP) is 7.86. The molecular formula is C26H41ClO4. The zero-order valence-corrected chi connectivity index (χ0v) is 21.4. The third-order valence-corrected chi connectivity index (χ3v) is 5.73. The molecule has 2 unspecified atom stereocenters. The Labute approximate surface area is 194 Å². The number of rotatable bonds is 10. The zero-order chi connectivity index (χ0) is 23.8. The van der Waals surface area contributed by atoms with Crippen LogP contribution in [0.4, 0.5) is 0 Å². The zero-order valence-electron chi connectivity index (χ0n) is 20.6. The Morgan fingerprint density at radius 1 is 0.806 bits per heavy atom. The lowest BCUT2D eigenvalue weighted by atomic mass is 9.86. The lowest BCUT2D eigenvalue weighted by Gasteiger charge is -2.31. The van der Waals surface area contributed by atoms with Gasteiger partial charge in [-0.15, -0.1) is 0 Å². The molecule has 0 aromatic heterocycles. The molecule has 0 N–H and O–H groups in total. The van der Waals surface area contributed by atoms with E-state index in [1.165, 1.54) is 6.07 Å².